The third-order valence-corrected chi connectivity index (χ3v) is 3.85. The normalized spacial score (nSPS) is 22.6. The van der Waals surface area contributed by atoms with Gasteiger partial charge in [0, 0.05) is 12.1 Å². The molecule has 3 rings (SSSR count). The maximum Gasteiger partial charge on any atom is 0.328 e. The minimum Gasteiger partial charge on any atom is -0.308 e. The molecule has 3 amide bonds. The van der Waals surface area contributed by atoms with Crippen molar-refractivity contribution in [2.24, 2.45) is 0 Å². The zero-order valence-corrected chi connectivity index (χ0v) is 11.5. The monoisotopic (exact) mass is 258 g/mol. The maximum atomic E-state index is 12.6. The number of carbonyl (C=O) groups is 2. The average Bonchev–Trinajstić information content (AvgIpc) is 2.61. The molecule has 19 heavy (non-hydrogen) atoms. The minimum absolute atomic E-state index is 0.0929. The van der Waals surface area contributed by atoms with Crippen LogP contribution in [-0.2, 0) is 11.2 Å². The van der Waals surface area contributed by atoms with Gasteiger partial charge in [-0.25, -0.2) is 4.79 Å². The first-order chi connectivity index (χ1) is 8.91. The number of nitrogens with zero attached hydrogens (tertiary/aromatic N) is 2. The molecule has 1 unspecified atom stereocenters. The summed E-state index contributed by atoms with van der Waals surface area (Å²) >= 11 is 0. The van der Waals surface area contributed by atoms with Crippen LogP contribution >= 0.6 is 0 Å². The van der Waals surface area contributed by atoms with Crippen LogP contribution in [0.1, 0.15) is 37.9 Å². The van der Waals surface area contributed by atoms with Gasteiger partial charge in [-0.05, 0) is 38.3 Å². The highest BCUT2D eigenvalue weighted by Gasteiger charge is 2.51. The molecular weight excluding hydrogens is 240 g/mol. The number of carbonyl (C=O) groups excluding carboxylic acids is 2. The smallest absolute Gasteiger partial charge is 0.308 e. The summed E-state index contributed by atoms with van der Waals surface area (Å²) in [5.41, 5.74) is 1.69. The maximum absolute atomic E-state index is 12.6. The zero-order chi connectivity index (χ0) is 13.8. The van der Waals surface area contributed by atoms with E-state index < -0.39 is 11.6 Å². The van der Waals surface area contributed by atoms with Crippen LogP contribution in [0.15, 0.2) is 24.3 Å². The van der Waals surface area contributed by atoms with Crippen molar-refractivity contribution in [1.29, 1.82) is 0 Å². The molecule has 0 N–H and O–H groups in total. The van der Waals surface area contributed by atoms with E-state index in [-0.39, 0.29) is 11.9 Å². The molecular formula is C15H18N2O2. The van der Waals surface area contributed by atoms with Crippen LogP contribution in [0.25, 0.3) is 0 Å². The molecule has 0 spiro atoms. The van der Waals surface area contributed by atoms with E-state index in [1.54, 1.807) is 4.90 Å². The van der Waals surface area contributed by atoms with Gasteiger partial charge in [0.05, 0.1) is 0 Å². The molecule has 2 heterocycles. The summed E-state index contributed by atoms with van der Waals surface area (Å²) < 4.78 is 0. The number of rotatable bonds is 0. The van der Waals surface area contributed by atoms with Gasteiger partial charge in [-0.15, -0.1) is 0 Å². The van der Waals surface area contributed by atoms with Crippen LogP contribution in [0, 0.1) is 0 Å². The number of fused-ring (bicyclic) bond motifs is 3. The largest absolute Gasteiger partial charge is 0.328 e. The lowest BCUT2D eigenvalue weighted by Crippen LogP contribution is -2.46. The fourth-order valence-electron chi connectivity index (χ4n) is 3.00. The van der Waals surface area contributed by atoms with E-state index in [9.17, 15) is 9.59 Å². The highest BCUT2D eigenvalue weighted by atomic mass is 16.2. The van der Waals surface area contributed by atoms with Crippen molar-refractivity contribution in [1.82, 2.24) is 9.80 Å². The third-order valence-electron chi connectivity index (χ3n) is 3.85. The van der Waals surface area contributed by atoms with E-state index in [2.05, 4.69) is 0 Å². The van der Waals surface area contributed by atoms with Gasteiger partial charge in [0.1, 0.15) is 6.04 Å². The van der Waals surface area contributed by atoms with Crippen molar-refractivity contribution in [2.75, 3.05) is 6.54 Å². The highest BCUT2D eigenvalue weighted by molar-refractivity contribution is 6.05. The summed E-state index contributed by atoms with van der Waals surface area (Å²) in [6, 6.07) is 7.35. The Bertz CT molecular complexity index is 560. The van der Waals surface area contributed by atoms with Crippen molar-refractivity contribution in [3.63, 3.8) is 0 Å². The van der Waals surface area contributed by atoms with Crippen molar-refractivity contribution < 1.29 is 9.59 Å². The Labute approximate surface area is 113 Å². The lowest BCUT2D eigenvalue weighted by molar-refractivity contribution is -0.131. The highest BCUT2D eigenvalue weighted by Crippen LogP contribution is 2.39. The van der Waals surface area contributed by atoms with Gasteiger partial charge in [0.15, 0.2) is 0 Å². The quantitative estimate of drug-likeness (QED) is 0.670. The number of imide groups is 1. The molecule has 0 aliphatic carbocycles. The molecule has 100 valence electrons. The van der Waals surface area contributed by atoms with E-state index in [1.165, 1.54) is 10.5 Å². The molecule has 4 heteroatoms. The summed E-state index contributed by atoms with van der Waals surface area (Å²) in [4.78, 5) is 28.2. The first-order valence-corrected chi connectivity index (χ1v) is 6.64. The molecule has 2 aliphatic heterocycles. The van der Waals surface area contributed by atoms with E-state index in [0.29, 0.717) is 6.54 Å². The Kier molecular flexibility index (Phi) is 2.46. The van der Waals surface area contributed by atoms with Gasteiger partial charge in [-0.3, -0.25) is 9.69 Å². The van der Waals surface area contributed by atoms with Gasteiger partial charge in [-0.2, -0.15) is 0 Å². The predicted octanol–water partition coefficient (Wildman–Crippen LogP) is 2.35. The second-order valence-corrected chi connectivity index (χ2v) is 6.17. The molecule has 2 aliphatic rings. The standard InChI is InChI=1S/C15H18N2O2/c1-15(2,3)17-13(18)12-11-7-5-4-6-10(11)8-9-16(12)14(17)19/h4-7,12H,8-9H2,1-3H3. The Balaban J connectivity index is 2.08. The molecule has 1 atom stereocenters. The molecule has 1 fully saturated rings. The Morgan fingerprint density at radius 1 is 1.16 bits per heavy atom. The van der Waals surface area contributed by atoms with Gasteiger partial charge < -0.3 is 4.90 Å². The molecule has 0 radical (unpaired) electrons. The van der Waals surface area contributed by atoms with E-state index in [0.717, 1.165) is 12.0 Å². The lowest BCUT2D eigenvalue weighted by atomic mass is 9.93. The van der Waals surface area contributed by atoms with Crippen LogP contribution in [0.5, 0.6) is 0 Å². The van der Waals surface area contributed by atoms with E-state index in [4.69, 9.17) is 0 Å². The Morgan fingerprint density at radius 2 is 1.84 bits per heavy atom. The van der Waals surface area contributed by atoms with Crippen molar-refractivity contribution in [3.05, 3.63) is 35.4 Å². The molecule has 0 bridgehead atoms. The van der Waals surface area contributed by atoms with Crippen molar-refractivity contribution >= 4 is 11.9 Å². The third kappa shape index (κ3) is 1.66. The topological polar surface area (TPSA) is 40.6 Å². The van der Waals surface area contributed by atoms with Crippen LogP contribution < -0.4 is 0 Å². The summed E-state index contributed by atoms with van der Waals surface area (Å²) in [5.74, 6) is -0.0929. The summed E-state index contributed by atoms with van der Waals surface area (Å²) in [6.45, 7) is 6.31. The molecule has 0 aromatic heterocycles. The van der Waals surface area contributed by atoms with Gasteiger partial charge in [0.2, 0.25) is 0 Å². The van der Waals surface area contributed by atoms with Crippen LogP contribution in [0.2, 0.25) is 0 Å². The number of benzene rings is 1. The number of urea groups is 1. The predicted molar refractivity (Wildman–Crippen MR) is 71.6 cm³/mol. The molecule has 0 saturated carbocycles. The van der Waals surface area contributed by atoms with Crippen LogP contribution in [0.3, 0.4) is 0 Å². The SMILES string of the molecule is CC(C)(C)N1C(=O)C2c3ccccc3CCN2C1=O. The van der Waals surface area contributed by atoms with Gasteiger partial charge >= 0.3 is 6.03 Å². The zero-order valence-electron chi connectivity index (χ0n) is 11.5. The first-order valence-electron chi connectivity index (χ1n) is 6.64. The second-order valence-electron chi connectivity index (χ2n) is 6.17. The van der Waals surface area contributed by atoms with Gasteiger partial charge in [-0.1, -0.05) is 24.3 Å². The van der Waals surface area contributed by atoms with Crippen molar-refractivity contribution in [2.45, 2.75) is 38.8 Å². The number of hydrogen-bond acceptors (Lipinski definition) is 2. The van der Waals surface area contributed by atoms with Crippen LogP contribution in [-0.4, -0.2) is 33.8 Å². The summed E-state index contributed by atoms with van der Waals surface area (Å²) in [5, 5.41) is 0. The van der Waals surface area contributed by atoms with Gasteiger partial charge in [0.25, 0.3) is 5.91 Å². The first kappa shape index (κ1) is 12.2. The number of hydrogen-bond donors (Lipinski definition) is 0. The Morgan fingerprint density at radius 3 is 2.53 bits per heavy atom. The average molecular weight is 258 g/mol. The minimum atomic E-state index is -0.472. The second kappa shape index (κ2) is 3.83. The van der Waals surface area contributed by atoms with Crippen LogP contribution in [0.4, 0.5) is 4.79 Å². The summed E-state index contributed by atoms with van der Waals surface area (Å²) in [7, 11) is 0. The van der Waals surface area contributed by atoms with E-state index in [1.807, 2.05) is 45.0 Å². The van der Waals surface area contributed by atoms with Crippen molar-refractivity contribution in [3.8, 4) is 0 Å². The van der Waals surface area contributed by atoms with E-state index >= 15 is 0 Å². The molecule has 1 saturated heterocycles. The molecule has 1 aromatic rings. The molecule has 4 nitrogen and oxygen atoms in total. The summed E-state index contributed by atoms with van der Waals surface area (Å²) in [6.07, 6.45) is 0.823. The molecule has 1 aromatic carbocycles. The lowest BCUT2D eigenvalue weighted by Gasteiger charge is -2.30. The fourth-order valence-corrected chi connectivity index (χ4v) is 3.00. The fraction of sp³-hybridized carbons (Fsp3) is 0.467. The Hall–Kier alpha value is -1.84. The number of amides is 3.